The molecule has 0 bridgehead atoms. The van der Waals surface area contributed by atoms with Gasteiger partial charge in [-0.2, -0.15) is 0 Å². The molecule has 3 aromatic rings. The van der Waals surface area contributed by atoms with Crippen molar-refractivity contribution in [3.05, 3.63) is 30.8 Å². The fourth-order valence-corrected chi connectivity index (χ4v) is 2.34. The van der Waals surface area contributed by atoms with E-state index in [1.807, 2.05) is 23.0 Å². The summed E-state index contributed by atoms with van der Waals surface area (Å²) in [6.07, 6.45) is 5.35. The zero-order valence-corrected chi connectivity index (χ0v) is 10.3. The smallest absolute Gasteiger partial charge is 0.137 e. The molecule has 3 aromatic heterocycles. The molecule has 1 aliphatic rings. The standard InChI is InChI=1S/C13H13N5O/c1-3-15-13(10-2-4-19-12(1)10)11-8-18(17-16-11)7-9-5-14-6-9/h1-4,8-9,14H,5-7H2. The summed E-state index contributed by atoms with van der Waals surface area (Å²) in [6, 6.07) is 3.76. The highest BCUT2D eigenvalue weighted by atomic mass is 16.3. The van der Waals surface area contributed by atoms with Crippen LogP contribution < -0.4 is 5.32 Å². The minimum Gasteiger partial charge on any atom is -0.464 e. The van der Waals surface area contributed by atoms with Crippen LogP contribution in [0.2, 0.25) is 0 Å². The molecule has 4 heterocycles. The molecule has 0 unspecified atom stereocenters. The van der Waals surface area contributed by atoms with E-state index in [1.54, 1.807) is 12.5 Å². The van der Waals surface area contributed by atoms with Gasteiger partial charge in [0.25, 0.3) is 0 Å². The Balaban J connectivity index is 1.69. The number of nitrogens with zero attached hydrogens (tertiary/aromatic N) is 4. The zero-order valence-electron chi connectivity index (χ0n) is 10.3. The number of pyridine rings is 1. The predicted octanol–water partition coefficient (Wildman–Crippen LogP) is 1.31. The van der Waals surface area contributed by atoms with Gasteiger partial charge in [0, 0.05) is 37.1 Å². The lowest BCUT2D eigenvalue weighted by atomic mass is 10.0. The second-order valence-electron chi connectivity index (χ2n) is 4.84. The largest absolute Gasteiger partial charge is 0.464 e. The van der Waals surface area contributed by atoms with Gasteiger partial charge in [0.15, 0.2) is 0 Å². The fraction of sp³-hybridized carbons (Fsp3) is 0.308. The second kappa shape index (κ2) is 4.17. The summed E-state index contributed by atoms with van der Waals surface area (Å²) in [6.45, 7) is 3.02. The van der Waals surface area contributed by atoms with Crippen molar-refractivity contribution in [3.8, 4) is 11.4 Å². The van der Waals surface area contributed by atoms with E-state index in [2.05, 4.69) is 20.6 Å². The predicted molar refractivity (Wildman–Crippen MR) is 69.4 cm³/mol. The number of fused-ring (bicyclic) bond motifs is 1. The molecule has 0 radical (unpaired) electrons. The van der Waals surface area contributed by atoms with Crippen LogP contribution in [0.15, 0.2) is 35.2 Å². The van der Waals surface area contributed by atoms with Crippen LogP contribution in [0, 0.1) is 5.92 Å². The molecule has 1 N–H and O–H groups in total. The van der Waals surface area contributed by atoms with E-state index in [1.165, 1.54) is 0 Å². The van der Waals surface area contributed by atoms with E-state index in [4.69, 9.17) is 4.42 Å². The normalized spacial score (nSPS) is 15.8. The summed E-state index contributed by atoms with van der Waals surface area (Å²) in [5.41, 5.74) is 2.44. The number of aromatic nitrogens is 4. The van der Waals surface area contributed by atoms with Crippen molar-refractivity contribution in [2.45, 2.75) is 6.54 Å². The Hall–Kier alpha value is -2.21. The molecule has 1 aliphatic heterocycles. The average molecular weight is 255 g/mol. The van der Waals surface area contributed by atoms with E-state index >= 15 is 0 Å². The van der Waals surface area contributed by atoms with Gasteiger partial charge in [-0.05, 0) is 12.1 Å². The van der Waals surface area contributed by atoms with Crippen molar-refractivity contribution in [1.82, 2.24) is 25.3 Å². The van der Waals surface area contributed by atoms with E-state index in [-0.39, 0.29) is 0 Å². The Morgan fingerprint density at radius 1 is 1.37 bits per heavy atom. The monoisotopic (exact) mass is 255 g/mol. The van der Waals surface area contributed by atoms with Crippen LogP contribution in [0.5, 0.6) is 0 Å². The highest BCUT2D eigenvalue weighted by molar-refractivity contribution is 5.90. The number of nitrogens with one attached hydrogen (secondary N) is 1. The fourth-order valence-electron chi connectivity index (χ4n) is 2.34. The van der Waals surface area contributed by atoms with E-state index in [0.717, 1.165) is 42.0 Å². The molecular formula is C13H13N5O. The third-order valence-electron chi connectivity index (χ3n) is 3.47. The number of rotatable bonds is 3. The zero-order chi connectivity index (χ0) is 12.7. The molecule has 0 aliphatic carbocycles. The van der Waals surface area contributed by atoms with E-state index in [0.29, 0.717) is 5.92 Å². The van der Waals surface area contributed by atoms with Gasteiger partial charge in [-0.25, -0.2) is 0 Å². The van der Waals surface area contributed by atoms with E-state index in [9.17, 15) is 0 Å². The first kappa shape index (κ1) is 10.7. The van der Waals surface area contributed by atoms with Gasteiger partial charge in [0.2, 0.25) is 0 Å². The van der Waals surface area contributed by atoms with Crippen molar-refractivity contribution in [1.29, 1.82) is 0 Å². The summed E-state index contributed by atoms with van der Waals surface area (Å²) in [7, 11) is 0. The maximum absolute atomic E-state index is 5.37. The van der Waals surface area contributed by atoms with Crippen LogP contribution in [-0.2, 0) is 6.54 Å². The van der Waals surface area contributed by atoms with Gasteiger partial charge in [-0.3, -0.25) is 9.67 Å². The van der Waals surface area contributed by atoms with Gasteiger partial charge >= 0.3 is 0 Å². The van der Waals surface area contributed by atoms with Crippen LogP contribution >= 0.6 is 0 Å². The molecule has 0 amide bonds. The molecule has 1 saturated heterocycles. The Bertz CT molecular complexity index is 712. The lowest BCUT2D eigenvalue weighted by Crippen LogP contribution is -2.44. The third kappa shape index (κ3) is 1.80. The molecule has 6 heteroatoms. The number of hydrogen-bond donors (Lipinski definition) is 1. The van der Waals surface area contributed by atoms with Gasteiger partial charge in [0.1, 0.15) is 17.0 Å². The summed E-state index contributed by atoms with van der Waals surface area (Å²) < 4.78 is 7.26. The van der Waals surface area contributed by atoms with Crippen molar-refractivity contribution in [2.75, 3.05) is 13.1 Å². The van der Waals surface area contributed by atoms with Crippen LogP contribution in [-0.4, -0.2) is 33.1 Å². The number of furan rings is 1. The van der Waals surface area contributed by atoms with Crippen LogP contribution in [0.3, 0.4) is 0 Å². The molecule has 1 fully saturated rings. The van der Waals surface area contributed by atoms with Crippen molar-refractivity contribution in [2.24, 2.45) is 5.92 Å². The SMILES string of the molecule is c1cc2occc2c(-c2cn(CC3CNC3)nn2)n1. The molecule has 19 heavy (non-hydrogen) atoms. The quantitative estimate of drug-likeness (QED) is 0.764. The molecule has 0 atom stereocenters. The summed E-state index contributed by atoms with van der Waals surface area (Å²) in [4.78, 5) is 4.39. The van der Waals surface area contributed by atoms with Gasteiger partial charge < -0.3 is 9.73 Å². The molecule has 0 saturated carbocycles. The molecule has 0 spiro atoms. The van der Waals surface area contributed by atoms with Crippen molar-refractivity contribution in [3.63, 3.8) is 0 Å². The molecule has 96 valence electrons. The number of hydrogen-bond acceptors (Lipinski definition) is 5. The van der Waals surface area contributed by atoms with Gasteiger partial charge in [0.05, 0.1) is 12.5 Å². The summed E-state index contributed by atoms with van der Waals surface area (Å²) in [5.74, 6) is 0.659. The van der Waals surface area contributed by atoms with Gasteiger partial charge in [-0.15, -0.1) is 5.10 Å². The topological polar surface area (TPSA) is 68.8 Å². The van der Waals surface area contributed by atoms with Crippen LogP contribution in [0.4, 0.5) is 0 Å². The molecule has 0 aromatic carbocycles. The van der Waals surface area contributed by atoms with Crippen molar-refractivity contribution >= 4 is 11.0 Å². The first-order valence-corrected chi connectivity index (χ1v) is 6.33. The highest BCUT2D eigenvalue weighted by Gasteiger charge is 2.18. The Labute approximate surface area is 109 Å². The first-order chi connectivity index (χ1) is 9.40. The van der Waals surface area contributed by atoms with Crippen LogP contribution in [0.25, 0.3) is 22.4 Å². The maximum atomic E-state index is 5.37. The summed E-state index contributed by atoms with van der Waals surface area (Å²) in [5, 5.41) is 12.6. The minimum absolute atomic E-state index is 0.659. The Kier molecular flexibility index (Phi) is 2.34. The maximum Gasteiger partial charge on any atom is 0.137 e. The molecule has 4 rings (SSSR count). The Morgan fingerprint density at radius 2 is 2.32 bits per heavy atom. The minimum atomic E-state index is 0.659. The average Bonchev–Trinajstić information content (AvgIpc) is 3.02. The first-order valence-electron chi connectivity index (χ1n) is 6.33. The van der Waals surface area contributed by atoms with Crippen LogP contribution in [0.1, 0.15) is 0 Å². The second-order valence-corrected chi connectivity index (χ2v) is 4.84. The third-order valence-corrected chi connectivity index (χ3v) is 3.47. The van der Waals surface area contributed by atoms with Gasteiger partial charge in [-0.1, -0.05) is 5.21 Å². The van der Waals surface area contributed by atoms with E-state index < -0.39 is 0 Å². The van der Waals surface area contributed by atoms with Crippen molar-refractivity contribution < 1.29 is 4.42 Å². The Morgan fingerprint density at radius 3 is 3.16 bits per heavy atom. The lowest BCUT2D eigenvalue weighted by Gasteiger charge is -2.26. The molecule has 6 nitrogen and oxygen atoms in total. The highest BCUT2D eigenvalue weighted by Crippen LogP contribution is 2.25. The lowest BCUT2D eigenvalue weighted by molar-refractivity contribution is 0.293. The molecular weight excluding hydrogens is 242 g/mol. The summed E-state index contributed by atoms with van der Waals surface area (Å²) >= 11 is 0.